The van der Waals surface area contributed by atoms with Crippen LogP contribution in [0, 0.1) is 5.92 Å². The Morgan fingerprint density at radius 3 is 2.26 bits per heavy atom. The lowest BCUT2D eigenvalue weighted by Gasteiger charge is -2.52. The van der Waals surface area contributed by atoms with Crippen molar-refractivity contribution < 1.29 is 9.59 Å². The Morgan fingerprint density at radius 1 is 0.923 bits per heavy atom. The highest BCUT2D eigenvalue weighted by molar-refractivity contribution is 6.00. The van der Waals surface area contributed by atoms with Crippen molar-refractivity contribution in [2.45, 2.75) is 89.3 Å². The Kier molecular flexibility index (Phi) is 8.91. The van der Waals surface area contributed by atoms with Crippen LogP contribution in [0.4, 0.5) is 11.4 Å². The quantitative estimate of drug-likeness (QED) is 0.440. The molecule has 1 spiro atoms. The molecule has 6 heteroatoms. The minimum Gasteiger partial charge on any atom is -0.345 e. The van der Waals surface area contributed by atoms with E-state index < -0.39 is 5.54 Å². The van der Waals surface area contributed by atoms with Crippen LogP contribution >= 0.6 is 0 Å². The van der Waals surface area contributed by atoms with Crippen molar-refractivity contribution in [3.8, 4) is 0 Å². The number of likely N-dealkylation sites (tertiary alicyclic amines) is 1. The summed E-state index contributed by atoms with van der Waals surface area (Å²) >= 11 is 0. The van der Waals surface area contributed by atoms with E-state index in [1.165, 1.54) is 43.4 Å². The SMILES string of the molecule is CCCCN1C(=O)C(CC2CCCCC2)NC(=O)C12CCN(Cc1ccc(N(C)c3ccccc3)cc1)CC2. The average molecular weight is 531 g/mol. The smallest absolute Gasteiger partial charge is 0.246 e. The number of carbonyl (C=O) groups excluding carboxylic acids is 2. The zero-order valence-corrected chi connectivity index (χ0v) is 23.9. The number of unbranched alkanes of at least 4 members (excludes halogenated alkanes) is 1. The molecule has 1 unspecified atom stereocenters. The van der Waals surface area contributed by atoms with E-state index in [4.69, 9.17) is 0 Å². The first-order valence-electron chi connectivity index (χ1n) is 15.2. The van der Waals surface area contributed by atoms with Gasteiger partial charge in [0.25, 0.3) is 0 Å². The number of nitrogens with one attached hydrogen (secondary N) is 1. The van der Waals surface area contributed by atoms with Gasteiger partial charge in [0.1, 0.15) is 11.6 Å². The maximum absolute atomic E-state index is 13.8. The Hall–Kier alpha value is -2.86. The second kappa shape index (κ2) is 12.5. The Morgan fingerprint density at radius 2 is 1.59 bits per heavy atom. The highest BCUT2D eigenvalue weighted by atomic mass is 16.2. The molecule has 2 aromatic rings. The first kappa shape index (κ1) is 27.7. The summed E-state index contributed by atoms with van der Waals surface area (Å²) in [6.45, 7) is 5.36. The van der Waals surface area contributed by atoms with E-state index >= 15 is 0 Å². The van der Waals surface area contributed by atoms with Gasteiger partial charge in [-0.25, -0.2) is 0 Å². The molecule has 0 radical (unpaired) electrons. The largest absolute Gasteiger partial charge is 0.345 e. The van der Waals surface area contributed by atoms with Gasteiger partial charge in [0.15, 0.2) is 0 Å². The lowest BCUT2D eigenvalue weighted by Crippen LogP contribution is -2.73. The monoisotopic (exact) mass is 530 g/mol. The average Bonchev–Trinajstić information content (AvgIpc) is 2.98. The third kappa shape index (κ3) is 6.16. The van der Waals surface area contributed by atoms with Crippen molar-refractivity contribution in [2.75, 3.05) is 31.6 Å². The minimum absolute atomic E-state index is 0.0898. The highest BCUT2D eigenvalue weighted by Crippen LogP contribution is 2.36. The lowest BCUT2D eigenvalue weighted by molar-refractivity contribution is -0.162. The number of hydrogen-bond donors (Lipinski definition) is 1. The van der Waals surface area contributed by atoms with Crippen molar-refractivity contribution in [1.29, 1.82) is 0 Å². The van der Waals surface area contributed by atoms with Crippen LogP contribution in [0.2, 0.25) is 0 Å². The summed E-state index contributed by atoms with van der Waals surface area (Å²) in [5, 5.41) is 3.22. The fourth-order valence-electron chi connectivity index (χ4n) is 6.89. The van der Waals surface area contributed by atoms with Crippen molar-refractivity contribution in [1.82, 2.24) is 15.1 Å². The Bertz CT molecular complexity index is 1090. The zero-order chi connectivity index (χ0) is 27.2. The van der Waals surface area contributed by atoms with E-state index in [-0.39, 0.29) is 17.9 Å². The minimum atomic E-state index is -0.686. The van der Waals surface area contributed by atoms with Crippen molar-refractivity contribution in [3.05, 3.63) is 60.2 Å². The predicted octanol–water partition coefficient (Wildman–Crippen LogP) is 5.89. The first-order valence-corrected chi connectivity index (χ1v) is 15.2. The zero-order valence-electron chi connectivity index (χ0n) is 23.9. The van der Waals surface area contributed by atoms with Crippen molar-refractivity contribution >= 4 is 23.2 Å². The van der Waals surface area contributed by atoms with E-state index in [2.05, 4.69) is 77.6 Å². The molecule has 1 atom stereocenters. The molecule has 3 aliphatic rings. The summed E-state index contributed by atoms with van der Waals surface area (Å²) in [5.41, 5.74) is 2.92. The van der Waals surface area contributed by atoms with Crippen molar-refractivity contribution in [2.24, 2.45) is 5.92 Å². The van der Waals surface area contributed by atoms with E-state index in [1.807, 2.05) is 11.0 Å². The van der Waals surface area contributed by atoms with Gasteiger partial charge in [-0.2, -0.15) is 0 Å². The van der Waals surface area contributed by atoms with Gasteiger partial charge in [0.05, 0.1) is 0 Å². The molecule has 3 fully saturated rings. The fraction of sp³-hybridized carbons (Fsp3) is 0.576. The van der Waals surface area contributed by atoms with Crippen LogP contribution in [0.1, 0.15) is 76.7 Å². The van der Waals surface area contributed by atoms with E-state index in [0.717, 1.165) is 44.6 Å². The molecule has 1 saturated carbocycles. The van der Waals surface area contributed by atoms with E-state index in [0.29, 0.717) is 25.3 Å². The van der Waals surface area contributed by atoms with Gasteiger partial charge >= 0.3 is 0 Å². The topological polar surface area (TPSA) is 55.9 Å². The number of rotatable bonds is 9. The first-order chi connectivity index (χ1) is 19.0. The molecule has 6 nitrogen and oxygen atoms in total. The molecule has 5 rings (SSSR count). The van der Waals surface area contributed by atoms with Gasteiger partial charge < -0.3 is 15.1 Å². The molecule has 0 bridgehead atoms. The summed E-state index contributed by atoms with van der Waals surface area (Å²) < 4.78 is 0. The van der Waals surface area contributed by atoms with Crippen LogP contribution in [0.5, 0.6) is 0 Å². The highest BCUT2D eigenvalue weighted by Gasteiger charge is 2.53. The number of benzene rings is 2. The Balaban J connectivity index is 1.21. The Labute approximate surface area is 234 Å². The molecular formula is C33H46N4O2. The summed E-state index contributed by atoms with van der Waals surface area (Å²) in [7, 11) is 2.09. The lowest BCUT2D eigenvalue weighted by atomic mass is 9.79. The molecule has 2 amide bonds. The molecule has 210 valence electrons. The second-order valence-corrected chi connectivity index (χ2v) is 12.0. The van der Waals surface area contributed by atoms with Gasteiger partial charge in [-0.15, -0.1) is 0 Å². The van der Waals surface area contributed by atoms with Gasteiger partial charge in [-0.05, 0) is 61.4 Å². The normalized spacial score (nSPS) is 22.2. The molecule has 2 heterocycles. The number of amides is 2. The van der Waals surface area contributed by atoms with E-state index in [9.17, 15) is 9.59 Å². The van der Waals surface area contributed by atoms with Crippen molar-refractivity contribution in [3.63, 3.8) is 0 Å². The number of hydrogen-bond acceptors (Lipinski definition) is 4. The molecular weight excluding hydrogens is 484 g/mol. The van der Waals surface area contributed by atoms with Crippen LogP contribution in [0.3, 0.4) is 0 Å². The summed E-state index contributed by atoms with van der Waals surface area (Å²) in [6.07, 6.45) is 10.4. The summed E-state index contributed by atoms with van der Waals surface area (Å²) in [4.78, 5) is 34.1. The molecule has 2 saturated heterocycles. The molecule has 0 aromatic heterocycles. The van der Waals surface area contributed by atoms with Gasteiger partial charge in [0, 0.05) is 44.6 Å². The van der Waals surface area contributed by atoms with Gasteiger partial charge in [-0.1, -0.05) is 75.8 Å². The molecule has 1 aliphatic carbocycles. The third-order valence-corrected chi connectivity index (χ3v) is 9.39. The third-order valence-electron chi connectivity index (χ3n) is 9.39. The molecule has 1 N–H and O–H groups in total. The van der Waals surface area contributed by atoms with Crippen LogP contribution in [0.15, 0.2) is 54.6 Å². The number of anilines is 2. The number of piperidine rings is 1. The fourth-order valence-corrected chi connectivity index (χ4v) is 6.89. The van der Waals surface area contributed by atoms with E-state index in [1.54, 1.807) is 0 Å². The predicted molar refractivity (Wildman–Crippen MR) is 158 cm³/mol. The van der Waals surface area contributed by atoms with Gasteiger partial charge in [0.2, 0.25) is 11.8 Å². The van der Waals surface area contributed by atoms with Crippen LogP contribution in [-0.4, -0.2) is 59.9 Å². The number of nitrogens with zero attached hydrogens (tertiary/aromatic N) is 3. The number of piperazine rings is 1. The number of carbonyl (C=O) groups is 2. The van der Waals surface area contributed by atoms with Crippen LogP contribution in [-0.2, 0) is 16.1 Å². The standard InChI is InChI=1S/C33H46N4O2/c1-3-4-21-37-31(38)30(24-26-11-7-5-8-12-26)34-32(39)33(37)19-22-36(23-20-33)25-27-15-17-29(18-16-27)35(2)28-13-9-6-10-14-28/h6,9-10,13-18,26,30H,3-5,7-8,11-12,19-25H2,1-2H3,(H,34,39). The molecule has 39 heavy (non-hydrogen) atoms. The number of para-hydroxylation sites is 1. The van der Waals surface area contributed by atoms with Crippen LogP contribution < -0.4 is 10.2 Å². The molecule has 2 aromatic carbocycles. The maximum atomic E-state index is 13.8. The molecule has 2 aliphatic heterocycles. The maximum Gasteiger partial charge on any atom is 0.246 e. The summed E-state index contributed by atoms with van der Waals surface area (Å²) in [5.74, 6) is 0.822. The summed E-state index contributed by atoms with van der Waals surface area (Å²) in [6, 6.07) is 18.8. The second-order valence-electron chi connectivity index (χ2n) is 12.0. The van der Waals surface area contributed by atoms with Crippen LogP contribution in [0.25, 0.3) is 0 Å². The van der Waals surface area contributed by atoms with Gasteiger partial charge in [-0.3, -0.25) is 14.5 Å².